The summed E-state index contributed by atoms with van der Waals surface area (Å²) in [6, 6.07) is 17.1. The first kappa shape index (κ1) is 22.6. The molecule has 8 heteroatoms. The van der Waals surface area contributed by atoms with Gasteiger partial charge in [-0.2, -0.15) is 0 Å². The van der Waals surface area contributed by atoms with Crippen LogP contribution in [-0.4, -0.2) is 30.3 Å². The number of anilines is 2. The summed E-state index contributed by atoms with van der Waals surface area (Å²) in [5.41, 5.74) is 2.22. The molecular formula is C24H26N4O4. The lowest BCUT2D eigenvalue weighted by Crippen LogP contribution is -2.30. The molecule has 0 unspecified atom stereocenters. The Hall–Kier alpha value is -4.07. The molecule has 4 N–H and O–H groups in total. The molecule has 3 aromatic rings. The Balaban J connectivity index is 1.47. The van der Waals surface area contributed by atoms with E-state index in [1.165, 1.54) is 0 Å². The van der Waals surface area contributed by atoms with Gasteiger partial charge >= 0.3 is 0 Å². The lowest BCUT2D eigenvalue weighted by Gasteiger charge is -2.11. The quantitative estimate of drug-likeness (QED) is 0.412. The molecule has 1 heterocycles. The standard InChI is InChI=1S/C24H26N4O4/c1-16(2)27-24(31)18-5-3-6-20(13-18)28-22(29)15-25-19-10-8-17(9-11-19)23(30)26-14-21-7-4-12-32-21/h3-13,16,25H,14-15H2,1-2H3,(H,26,30)(H,27,31)(H,28,29). The van der Waals surface area contributed by atoms with Gasteiger partial charge in [0.2, 0.25) is 5.91 Å². The normalized spacial score (nSPS) is 10.5. The van der Waals surface area contributed by atoms with Gasteiger partial charge < -0.3 is 25.7 Å². The van der Waals surface area contributed by atoms with Crippen LogP contribution < -0.4 is 21.3 Å². The van der Waals surface area contributed by atoms with Gasteiger partial charge in [-0.05, 0) is 68.4 Å². The Labute approximate surface area is 186 Å². The second-order valence-corrected chi connectivity index (χ2v) is 7.45. The molecule has 0 saturated heterocycles. The van der Waals surface area contributed by atoms with Crippen LogP contribution in [0.2, 0.25) is 0 Å². The molecule has 0 spiro atoms. The molecule has 1 aromatic heterocycles. The van der Waals surface area contributed by atoms with Crippen LogP contribution in [0.4, 0.5) is 11.4 Å². The Bertz CT molecular complexity index is 1060. The zero-order valence-electron chi connectivity index (χ0n) is 18.0. The highest BCUT2D eigenvalue weighted by Gasteiger charge is 2.10. The molecule has 0 aliphatic carbocycles. The van der Waals surface area contributed by atoms with Crippen molar-refractivity contribution in [1.29, 1.82) is 0 Å². The van der Waals surface area contributed by atoms with Crippen LogP contribution in [0.25, 0.3) is 0 Å². The highest BCUT2D eigenvalue weighted by atomic mass is 16.3. The van der Waals surface area contributed by atoms with E-state index in [1.54, 1.807) is 66.9 Å². The van der Waals surface area contributed by atoms with Crippen molar-refractivity contribution in [2.75, 3.05) is 17.2 Å². The average molecular weight is 434 g/mol. The van der Waals surface area contributed by atoms with Crippen molar-refractivity contribution in [3.63, 3.8) is 0 Å². The predicted molar refractivity (Wildman–Crippen MR) is 122 cm³/mol. The monoisotopic (exact) mass is 434 g/mol. The molecule has 3 amide bonds. The third-order valence-electron chi connectivity index (χ3n) is 4.43. The van der Waals surface area contributed by atoms with Crippen molar-refractivity contribution in [2.45, 2.75) is 26.4 Å². The highest BCUT2D eigenvalue weighted by molar-refractivity contribution is 5.98. The van der Waals surface area contributed by atoms with Crippen molar-refractivity contribution in [1.82, 2.24) is 10.6 Å². The number of rotatable bonds is 9. The maximum absolute atomic E-state index is 12.3. The van der Waals surface area contributed by atoms with Crippen LogP contribution >= 0.6 is 0 Å². The summed E-state index contributed by atoms with van der Waals surface area (Å²) in [6.07, 6.45) is 1.55. The van der Waals surface area contributed by atoms with E-state index in [9.17, 15) is 14.4 Å². The number of carbonyl (C=O) groups is 3. The summed E-state index contributed by atoms with van der Waals surface area (Å²) >= 11 is 0. The van der Waals surface area contributed by atoms with Crippen LogP contribution in [-0.2, 0) is 11.3 Å². The van der Waals surface area contributed by atoms with Gasteiger partial charge in [0.05, 0.1) is 19.4 Å². The van der Waals surface area contributed by atoms with E-state index in [1.807, 2.05) is 13.8 Å². The average Bonchev–Trinajstić information content (AvgIpc) is 3.30. The van der Waals surface area contributed by atoms with Crippen LogP contribution in [0.5, 0.6) is 0 Å². The van der Waals surface area contributed by atoms with Crippen LogP contribution in [0.1, 0.15) is 40.3 Å². The summed E-state index contributed by atoms with van der Waals surface area (Å²) in [7, 11) is 0. The van der Waals surface area contributed by atoms with Gasteiger partial charge in [-0.15, -0.1) is 0 Å². The van der Waals surface area contributed by atoms with Gasteiger partial charge in [-0.25, -0.2) is 0 Å². The Kier molecular flexibility index (Phi) is 7.64. The molecule has 8 nitrogen and oxygen atoms in total. The Morgan fingerprint density at radius 1 is 0.875 bits per heavy atom. The first-order valence-electron chi connectivity index (χ1n) is 10.3. The molecule has 0 radical (unpaired) electrons. The van der Waals surface area contributed by atoms with E-state index in [2.05, 4.69) is 21.3 Å². The third kappa shape index (κ3) is 6.73. The van der Waals surface area contributed by atoms with Crippen LogP contribution in [0.15, 0.2) is 71.3 Å². The zero-order valence-corrected chi connectivity index (χ0v) is 18.0. The minimum Gasteiger partial charge on any atom is -0.467 e. The summed E-state index contributed by atoms with van der Waals surface area (Å²) in [5, 5.41) is 11.4. The highest BCUT2D eigenvalue weighted by Crippen LogP contribution is 2.12. The SMILES string of the molecule is CC(C)NC(=O)c1cccc(NC(=O)CNc2ccc(C(=O)NCc3ccco3)cc2)c1. The minimum atomic E-state index is -0.258. The van der Waals surface area contributed by atoms with E-state index >= 15 is 0 Å². The lowest BCUT2D eigenvalue weighted by atomic mass is 10.1. The molecule has 3 rings (SSSR count). The van der Waals surface area contributed by atoms with E-state index in [-0.39, 0.29) is 30.3 Å². The van der Waals surface area contributed by atoms with Crippen molar-refractivity contribution >= 4 is 29.1 Å². The van der Waals surface area contributed by atoms with Crippen LogP contribution in [0, 0.1) is 0 Å². The molecular weight excluding hydrogens is 408 g/mol. The van der Waals surface area contributed by atoms with Gasteiger partial charge in [0.15, 0.2) is 0 Å². The van der Waals surface area contributed by atoms with Crippen LogP contribution in [0.3, 0.4) is 0 Å². The fourth-order valence-corrected chi connectivity index (χ4v) is 2.89. The molecule has 0 fully saturated rings. The second-order valence-electron chi connectivity index (χ2n) is 7.45. The number of hydrogen-bond acceptors (Lipinski definition) is 5. The fourth-order valence-electron chi connectivity index (χ4n) is 2.89. The number of furan rings is 1. The summed E-state index contributed by atoms with van der Waals surface area (Å²) in [6.45, 7) is 4.11. The largest absolute Gasteiger partial charge is 0.467 e. The van der Waals surface area contributed by atoms with Gasteiger partial charge in [0.1, 0.15) is 5.76 Å². The lowest BCUT2D eigenvalue weighted by molar-refractivity contribution is -0.114. The maximum Gasteiger partial charge on any atom is 0.251 e. The van der Waals surface area contributed by atoms with Gasteiger partial charge in [0.25, 0.3) is 11.8 Å². The van der Waals surface area contributed by atoms with E-state index in [0.29, 0.717) is 34.8 Å². The summed E-state index contributed by atoms with van der Waals surface area (Å²) in [5.74, 6) is 0.00927. The van der Waals surface area contributed by atoms with Gasteiger partial charge in [-0.1, -0.05) is 6.07 Å². The summed E-state index contributed by atoms with van der Waals surface area (Å²) < 4.78 is 5.19. The fraction of sp³-hybridized carbons (Fsp3) is 0.208. The van der Waals surface area contributed by atoms with E-state index < -0.39 is 0 Å². The van der Waals surface area contributed by atoms with Crippen molar-refractivity contribution in [3.05, 3.63) is 83.8 Å². The van der Waals surface area contributed by atoms with Gasteiger partial charge in [0, 0.05) is 28.5 Å². The molecule has 32 heavy (non-hydrogen) atoms. The number of nitrogens with one attached hydrogen (secondary N) is 4. The van der Waals surface area contributed by atoms with Crippen molar-refractivity contribution < 1.29 is 18.8 Å². The van der Waals surface area contributed by atoms with Crippen molar-refractivity contribution in [2.24, 2.45) is 0 Å². The first-order valence-corrected chi connectivity index (χ1v) is 10.3. The Morgan fingerprint density at radius 2 is 1.66 bits per heavy atom. The minimum absolute atomic E-state index is 0.0263. The molecule has 0 bridgehead atoms. The smallest absolute Gasteiger partial charge is 0.251 e. The molecule has 0 saturated carbocycles. The number of carbonyl (C=O) groups excluding carboxylic acids is 3. The summed E-state index contributed by atoms with van der Waals surface area (Å²) in [4.78, 5) is 36.6. The molecule has 0 aliphatic heterocycles. The number of hydrogen-bond donors (Lipinski definition) is 4. The van der Waals surface area contributed by atoms with E-state index in [4.69, 9.17) is 4.42 Å². The zero-order chi connectivity index (χ0) is 22.9. The molecule has 0 aliphatic rings. The molecule has 2 aromatic carbocycles. The van der Waals surface area contributed by atoms with E-state index in [0.717, 1.165) is 0 Å². The third-order valence-corrected chi connectivity index (χ3v) is 4.43. The maximum atomic E-state index is 12.3. The predicted octanol–water partition coefficient (Wildman–Crippen LogP) is 3.40. The number of benzene rings is 2. The van der Waals surface area contributed by atoms with Gasteiger partial charge in [-0.3, -0.25) is 14.4 Å². The second kappa shape index (κ2) is 10.8. The Morgan fingerprint density at radius 3 is 2.34 bits per heavy atom. The topological polar surface area (TPSA) is 112 Å². The molecule has 166 valence electrons. The van der Waals surface area contributed by atoms with Crippen molar-refractivity contribution in [3.8, 4) is 0 Å². The molecule has 0 atom stereocenters. The number of amides is 3. The first-order chi connectivity index (χ1) is 15.4.